The van der Waals surface area contributed by atoms with E-state index in [0.29, 0.717) is 5.82 Å². The zero-order valence-corrected chi connectivity index (χ0v) is 11.9. The second-order valence-electron chi connectivity index (χ2n) is 5.70. The number of H-pyrrole nitrogens is 1. The van der Waals surface area contributed by atoms with Crippen molar-refractivity contribution >= 4 is 11.6 Å². The quantitative estimate of drug-likeness (QED) is 0.886. The van der Waals surface area contributed by atoms with Gasteiger partial charge in [0.05, 0.1) is 5.69 Å². The molecule has 0 atom stereocenters. The third-order valence-corrected chi connectivity index (χ3v) is 2.77. The van der Waals surface area contributed by atoms with Gasteiger partial charge in [0.2, 0.25) is 5.82 Å². The highest BCUT2D eigenvalue weighted by Gasteiger charge is 2.21. The van der Waals surface area contributed by atoms with Gasteiger partial charge in [-0.1, -0.05) is 26.8 Å². The third kappa shape index (κ3) is 3.01. The van der Waals surface area contributed by atoms with Crippen molar-refractivity contribution in [2.75, 3.05) is 5.32 Å². The van der Waals surface area contributed by atoms with Crippen LogP contribution in [0.4, 0.5) is 10.1 Å². The van der Waals surface area contributed by atoms with Gasteiger partial charge in [-0.3, -0.25) is 9.89 Å². The van der Waals surface area contributed by atoms with Gasteiger partial charge in [-0.25, -0.2) is 9.37 Å². The highest BCUT2D eigenvalue weighted by atomic mass is 19.1. The fraction of sp³-hybridized carbons (Fsp3) is 0.357. The second kappa shape index (κ2) is 5.03. The van der Waals surface area contributed by atoms with Crippen molar-refractivity contribution in [3.05, 3.63) is 41.2 Å². The number of hydrogen-bond donors (Lipinski definition) is 2. The lowest BCUT2D eigenvalue weighted by Crippen LogP contribution is -2.16. The number of halogens is 1. The summed E-state index contributed by atoms with van der Waals surface area (Å²) in [5, 5.41) is 9.04. The minimum atomic E-state index is -0.542. The van der Waals surface area contributed by atoms with Crippen LogP contribution in [0, 0.1) is 12.7 Å². The molecule has 0 aliphatic rings. The van der Waals surface area contributed by atoms with Crippen LogP contribution in [0.5, 0.6) is 0 Å². The van der Waals surface area contributed by atoms with Gasteiger partial charge in [0, 0.05) is 5.41 Å². The van der Waals surface area contributed by atoms with E-state index in [1.165, 1.54) is 12.1 Å². The Morgan fingerprint density at radius 2 is 2.05 bits per heavy atom. The lowest BCUT2D eigenvalue weighted by Gasteiger charge is -2.12. The molecule has 0 spiro atoms. The molecule has 1 aromatic carbocycles. The van der Waals surface area contributed by atoms with E-state index < -0.39 is 11.7 Å². The predicted octanol–water partition coefficient (Wildman–Crippen LogP) is 2.80. The molecule has 2 N–H and O–H groups in total. The van der Waals surface area contributed by atoms with Crippen molar-refractivity contribution < 1.29 is 9.18 Å². The molecular weight excluding hydrogens is 259 g/mol. The molecule has 20 heavy (non-hydrogen) atoms. The van der Waals surface area contributed by atoms with Crippen LogP contribution in [0.1, 0.15) is 42.8 Å². The Labute approximate surface area is 116 Å². The number of aromatic nitrogens is 3. The van der Waals surface area contributed by atoms with Crippen molar-refractivity contribution in [3.63, 3.8) is 0 Å². The molecule has 0 aliphatic heterocycles. The molecule has 0 aliphatic carbocycles. The summed E-state index contributed by atoms with van der Waals surface area (Å²) in [4.78, 5) is 16.1. The summed E-state index contributed by atoms with van der Waals surface area (Å²) in [5.41, 5.74) is 0.664. The van der Waals surface area contributed by atoms with Crippen molar-refractivity contribution in [1.82, 2.24) is 15.2 Å². The summed E-state index contributed by atoms with van der Waals surface area (Å²) < 4.78 is 13.7. The fourth-order valence-corrected chi connectivity index (χ4v) is 1.60. The smallest absolute Gasteiger partial charge is 0.295 e. The molecule has 1 heterocycles. The SMILES string of the molecule is Cc1ccc(NC(=O)c2n[nH]c(C(C)(C)C)n2)c(F)c1. The molecule has 0 radical (unpaired) electrons. The van der Waals surface area contributed by atoms with Crippen molar-refractivity contribution in [2.24, 2.45) is 0 Å². The summed E-state index contributed by atoms with van der Waals surface area (Å²) in [6.07, 6.45) is 0. The van der Waals surface area contributed by atoms with E-state index in [1.54, 1.807) is 13.0 Å². The normalized spacial score (nSPS) is 11.4. The van der Waals surface area contributed by atoms with Crippen LogP contribution in [0.3, 0.4) is 0 Å². The molecule has 106 valence electrons. The fourth-order valence-electron chi connectivity index (χ4n) is 1.60. The molecule has 0 fully saturated rings. The van der Waals surface area contributed by atoms with Crippen LogP contribution < -0.4 is 5.32 Å². The average molecular weight is 276 g/mol. The van der Waals surface area contributed by atoms with Gasteiger partial charge in [0.15, 0.2) is 0 Å². The van der Waals surface area contributed by atoms with E-state index in [1.807, 2.05) is 20.8 Å². The number of hydrogen-bond acceptors (Lipinski definition) is 3. The van der Waals surface area contributed by atoms with Gasteiger partial charge in [-0.15, -0.1) is 5.10 Å². The van der Waals surface area contributed by atoms with Gasteiger partial charge in [0.1, 0.15) is 11.6 Å². The maximum Gasteiger partial charge on any atom is 0.295 e. The van der Waals surface area contributed by atoms with E-state index >= 15 is 0 Å². The first-order valence-corrected chi connectivity index (χ1v) is 6.28. The monoisotopic (exact) mass is 276 g/mol. The Morgan fingerprint density at radius 1 is 1.35 bits per heavy atom. The minimum absolute atomic E-state index is 0.00472. The van der Waals surface area contributed by atoms with Crippen molar-refractivity contribution in [3.8, 4) is 0 Å². The summed E-state index contributed by atoms with van der Waals surface area (Å²) in [7, 11) is 0. The lowest BCUT2D eigenvalue weighted by atomic mass is 9.96. The van der Waals surface area contributed by atoms with Crippen LogP contribution in [-0.4, -0.2) is 21.1 Å². The summed E-state index contributed by atoms with van der Waals surface area (Å²) in [6, 6.07) is 4.59. The first-order chi connectivity index (χ1) is 9.27. The molecule has 5 nitrogen and oxygen atoms in total. The summed E-state index contributed by atoms with van der Waals surface area (Å²) in [5.74, 6) is -0.425. The topological polar surface area (TPSA) is 70.7 Å². The van der Waals surface area contributed by atoms with Crippen LogP contribution in [-0.2, 0) is 5.41 Å². The molecule has 2 aromatic rings. The molecule has 2 rings (SSSR count). The maximum atomic E-state index is 13.7. The average Bonchev–Trinajstić information content (AvgIpc) is 2.82. The molecule has 0 saturated carbocycles. The van der Waals surface area contributed by atoms with Gasteiger partial charge in [0.25, 0.3) is 5.91 Å². The maximum absolute atomic E-state index is 13.7. The van der Waals surface area contributed by atoms with Crippen LogP contribution in [0.2, 0.25) is 0 Å². The highest BCUT2D eigenvalue weighted by molar-refractivity contribution is 6.01. The molecule has 1 amide bonds. The molecule has 0 bridgehead atoms. The Morgan fingerprint density at radius 3 is 2.60 bits per heavy atom. The number of rotatable bonds is 2. The molecule has 0 saturated heterocycles. The van der Waals surface area contributed by atoms with E-state index in [-0.39, 0.29) is 16.9 Å². The Balaban J connectivity index is 2.18. The number of aryl methyl sites for hydroxylation is 1. The summed E-state index contributed by atoms with van der Waals surface area (Å²) >= 11 is 0. The van der Waals surface area contributed by atoms with Crippen LogP contribution >= 0.6 is 0 Å². The van der Waals surface area contributed by atoms with Gasteiger partial charge < -0.3 is 5.32 Å². The molecular formula is C14H17FN4O. The zero-order chi connectivity index (χ0) is 14.9. The van der Waals surface area contributed by atoms with E-state index in [0.717, 1.165) is 5.56 Å². The number of carbonyl (C=O) groups is 1. The molecule has 1 aromatic heterocycles. The van der Waals surface area contributed by atoms with Crippen molar-refractivity contribution in [1.29, 1.82) is 0 Å². The van der Waals surface area contributed by atoms with E-state index in [4.69, 9.17) is 0 Å². The number of nitrogens with one attached hydrogen (secondary N) is 2. The van der Waals surface area contributed by atoms with Gasteiger partial charge in [-0.05, 0) is 24.6 Å². The molecule has 0 unspecified atom stereocenters. The lowest BCUT2D eigenvalue weighted by molar-refractivity contribution is 0.101. The Kier molecular flexibility index (Phi) is 3.57. The Bertz CT molecular complexity index is 643. The van der Waals surface area contributed by atoms with Crippen molar-refractivity contribution in [2.45, 2.75) is 33.1 Å². The van der Waals surface area contributed by atoms with Gasteiger partial charge >= 0.3 is 0 Å². The zero-order valence-electron chi connectivity index (χ0n) is 11.9. The first kappa shape index (κ1) is 14.2. The molecule has 6 heteroatoms. The number of carbonyl (C=O) groups excluding carboxylic acids is 1. The standard InChI is InChI=1S/C14H17FN4O/c1-8-5-6-10(9(15)7-8)16-12(20)11-17-13(19-18-11)14(2,3)4/h5-7H,1-4H3,(H,16,20)(H,17,18,19). The number of aromatic amines is 1. The highest BCUT2D eigenvalue weighted by Crippen LogP contribution is 2.18. The minimum Gasteiger partial charge on any atom is -0.317 e. The van der Waals surface area contributed by atoms with E-state index in [2.05, 4.69) is 20.5 Å². The largest absolute Gasteiger partial charge is 0.317 e. The second-order valence-corrected chi connectivity index (χ2v) is 5.70. The Hall–Kier alpha value is -2.24. The number of amides is 1. The van der Waals surface area contributed by atoms with Crippen LogP contribution in [0.15, 0.2) is 18.2 Å². The number of benzene rings is 1. The summed E-state index contributed by atoms with van der Waals surface area (Å²) in [6.45, 7) is 7.64. The first-order valence-electron chi connectivity index (χ1n) is 6.28. The van der Waals surface area contributed by atoms with Gasteiger partial charge in [-0.2, -0.15) is 0 Å². The van der Waals surface area contributed by atoms with E-state index in [9.17, 15) is 9.18 Å². The number of anilines is 1. The number of nitrogens with zero attached hydrogens (tertiary/aromatic N) is 2. The third-order valence-electron chi connectivity index (χ3n) is 2.77. The predicted molar refractivity (Wildman–Crippen MR) is 74.2 cm³/mol. The van der Waals surface area contributed by atoms with Crippen LogP contribution in [0.25, 0.3) is 0 Å².